The summed E-state index contributed by atoms with van der Waals surface area (Å²) in [4.78, 5) is 11.1. The minimum atomic E-state index is -0.415. The van der Waals surface area contributed by atoms with E-state index in [0.29, 0.717) is 6.54 Å². The highest BCUT2D eigenvalue weighted by molar-refractivity contribution is 5.85. The molecule has 4 heteroatoms. The zero-order chi connectivity index (χ0) is 11.1. The van der Waals surface area contributed by atoms with Gasteiger partial charge in [-0.1, -0.05) is 30.3 Å². The summed E-state index contributed by atoms with van der Waals surface area (Å²) in [7, 11) is 0. The number of halogens is 1. The average molecular weight is 243 g/mol. The highest BCUT2D eigenvalue weighted by Gasteiger charge is 2.04. The van der Waals surface area contributed by atoms with E-state index in [9.17, 15) is 4.79 Å². The molecule has 16 heavy (non-hydrogen) atoms. The van der Waals surface area contributed by atoms with Crippen LogP contribution < -0.4 is 11.1 Å². The molecule has 0 unspecified atom stereocenters. The highest BCUT2D eigenvalue weighted by Crippen LogP contribution is 2.01. The van der Waals surface area contributed by atoms with E-state index in [1.165, 1.54) is 5.56 Å². The predicted octanol–water partition coefficient (Wildman–Crippen LogP) is 1.50. The van der Waals surface area contributed by atoms with Gasteiger partial charge in [0.25, 0.3) is 0 Å². The van der Waals surface area contributed by atoms with E-state index in [0.717, 1.165) is 12.8 Å². The molecule has 1 amide bonds. The lowest BCUT2D eigenvalue weighted by Crippen LogP contribution is -2.38. The minimum Gasteiger partial charge on any atom is -0.355 e. The Bertz CT molecular complexity index is 301. The molecule has 0 radical (unpaired) electrons. The number of benzene rings is 1. The van der Waals surface area contributed by atoms with Crippen molar-refractivity contribution in [3.05, 3.63) is 35.9 Å². The normalized spacial score (nSPS) is 11.4. The van der Waals surface area contributed by atoms with Gasteiger partial charge in [-0.3, -0.25) is 4.79 Å². The van der Waals surface area contributed by atoms with Crippen LogP contribution >= 0.6 is 12.4 Å². The van der Waals surface area contributed by atoms with Crippen molar-refractivity contribution in [3.8, 4) is 0 Å². The van der Waals surface area contributed by atoms with Crippen molar-refractivity contribution < 1.29 is 4.79 Å². The third-order valence-electron chi connectivity index (χ3n) is 2.20. The Morgan fingerprint density at radius 1 is 1.38 bits per heavy atom. The van der Waals surface area contributed by atoms with Crippen molar-refractivity contribution in [2.75, 3.05) is 6.54 Å². The van der Waals surface area contributed by atoms with E-state index in [-0.39, 0.29) is 18.3 Å². The standard InChI is InChI=1S/C12H18N2O.ClH/c1-10(13)12(15)14-9-5-8-11-6-3-2-4-7-11;/h2-4,6-7,10H,5,8-9,13H2,1H3,(H,14,15);1H/t10-;/m1./s1. The van der Waals surface area contributed by atoms with Crippen molar-refractivity contribution >= 4 is 18.3 Å². The Balaban J connectivity index is 0.00000225. The van der Waals surface area contributed by atoms with E-state index in [1.807, 2.05) is 18.2 Å². The lowest BCUT2D eigenvalue weighted by molar-refractivity contribution is -0.121. The summed E-state index contributed by atoms with van der Waals surface area (Å²) in [5, 5.41) is 2.79. The number of carbonyl (C=O) groups excluding carboxylic acids is 1. The molecule has 0 heterocycles. The van der Waals surface area contributed by atoms with E-state index in [1.54, 1.807) is 6.92 Å². The minimum absolute atomic E-state index is 0. The molecule has 0 bridgehead atoms. The van der Waals surface area contributed by atoms with E-state index >= 15 is 0 Å². The maximum absolute atomic E-state index is 11.1. The van der Waals surface area contributed by atoms with Crippen LogP contribution in [0.15, 0.2) is 30.3 Å². The maximum atomic E-state index is 11.1. The van der Waals surface area contributed by atoms with Gasteiger partial charge in [-0.15, -0.1) is 12.4 Å². The molecule has 1 atom stereocenters. The number of carbonyl (C=O) groups is 1. The topological polar surface area (TPSA) is 55.1 Å². The first-order chi connectivity index (χ1) is 7.20. The summed E-state index contributed by atoms with van der Waals surface area (Å²) in [5.41, 5.74) is 6.72. The first-order valence-corrected chi connectivity index (χ1v) is 5.27. The van der Waals surface area contributed by atoms with Crippen molar-refractivity contribution in [2.24, 2.45) is 5.73 Å². The Hall–Kier alpha value is -1.06. The zero-order valence-corrected chi connectivity index (χ0v) is 10.3. The van der Waals surface area contributed by atoms with Crippen molar-refractivity contribution in [2.45, 2.75) is 25.8 Å². The first kappa shape index (κ1) is 14.9. The van der Waals surface area contributed by atoms with Gasteiger partial charge in [-0.2, -0.15) is 0 Å². The molecule has 0 spiro atoms. The fraction of sp³-hybridized carbons (Fsp3) is 0.417. The Kier molecular flexibility index (Phi) is 7.60. The summed E-state index contributed by atoms with van der Waals surface area (Å²) in [5.74, 6) is -0.0805. The van der Waals surface area contributed by atoms with Crippen LogP contribution in [-0.2, 0) is 11.2 Å². The van der Waals surface area contributed by atoms with Gasteiger partial charge in [-0.05, 0) is 25.3 Å². The van der Waals surface area contributed by atoms with Gasteiger partial charge in [0, 0.05) is 6.54 Å². The van der Waals surface area contributed by atoms with Gasteiger partial charge in [0.15, 0.2) is 0 Å². The van der Waals surface area contributed by atoms with Gasteiger partial charge in [0.05, 0.1) is 6.04 Å². The van der Waals surface area contributed by atoms with Crippen LogP contribution in [0.5, 0.6) is 0 Å². The summed E-state index contributed by atoms with van der Waals surface area (Å²) in [6.07, 6.45) is 1.93. The summed E-state index contributed by atoms with van der Waals surface area (Å²) >= 11 is 0. The molecule has 3 N–H and O–H groups in total. The van der Waals surface area contributed by atoms with Crippen molar-refractivity contribution in [3.63, 3.8) is 0 Å². The molecule has 90 valence electrons. The van der Waals surface area contributed by atoms with Crippen molar-refractivity contribution in [1.29, 1.82) is 0 Å². The quantitative estimate of drug-likeness (QED) is 0.769. The fourth-order valence-electron chi connectivity index (χ4n) is 1.31. The summed E-state index contributed by atoms with van der Waals surface area (Å²) in [6.45, 7) is 2.38. The monoisotopic (exact) mass is 242 g/mol. The van der Waals surface area contributed by atoms with Gasteiger partial charge < -0.3 is 11.1 Å². The molecule has 0 aliphatic heterocycles. The maximum Gasteiger partial charge on any atom is 0.236 e. The van der Waals surface area contributed by atoms with Crippen LogP contribution in [0.3, 0.4) is 0 Å². The van der Waals surface area contributed by atoms with Crippen molar-refractivity contribution in [1.82, 2.24) is 5.32 Å². The number of aryl methyl sites for hydroxylation is 1. The number of hydrogen-bond donors (Lipinski definition) is 2. The smallest absolute Gasteiger partial charge is 0.236 e. The molecule has 0 saturated carbocycles. The molecule has 3 nitrogen and oxygen atoms in total. The van der Waals surface area contributed by atoms with Gasteiger partial charge in [-0.25, -0.2) is 0 Å². The van der Waals surface area contributed by atoms with Gasteiger partial charge >= 0.3 is 0 Å². The molecule has 0 saturated heterocycles. The molecular weight excluding hydrogens is 224 g/mol. The number of nitrogens with two attached hydrogens (primary N) is 1. The van der Waals surface area contributed by atoms with Gasteiger partial charge in [0.2, 0.25) is 5.91 Å². The average Bonchev–Trinajstić information content (AvgIpc) is 2.25. The molecule has 0 fully saturated rings. The first-order valence-electron chi connectivity index (χ1n) is 5.27. The third-order valence-corrected chi connectivity index (χ3v) is 2.20. The van der Waals surface area contributed by atoms with E-state index in [4.69, 9.17) is 5.73 Å². The Morgan fingerprint density at radius 2 is 2.00 bits per heavy atom. The van der Waals surface area contributed by atoms with Gasteiger partial charge in [0.1, 0.15) is 0 Å². The molecule has 0 aromatic heterocycles. The SMILES string of the molecule is C[C@@H](N)C(=O)NCCCc1ccccc1.Cl. The molecule has 1 rings (SSSR count). The molecule has 0 aliphatic carbocycles. The van der Waals surface area contributed by atoms with Crippen LogP contribution in [0.1, 0.15) is 18.9 Å². The number of nitrogens with one attached hydrogen (secondary N) is 1. The highest BCUT2D eigenvalue weighted by atomic mass is 35.5. The van der Waals surface area contributed by atoms with Crippen LogP contribution in [-0.4, -0.2) is 18.5 Å². The summed E-state index contributed by atoms with van der Waals surface area (Å²) in [6, 6.07) is 9.81. The van der Waals surface area contributed by atoms with Crippen LogP contribution in [0.25, 0.3) is 0 Å². The lowest BCUT2D eigenvalue weighted by atomic mass is 10.1. The second-order valence-corrected chi connectivity index (χ2v) is 3.67. The summed E-state index contributed by atoms with van der Waals surface area (Å²) < 4.78 is 0. The third kappa shape index (κ3) is 5.73. The second-order valence-electron chi connectivity index (χ2n) is 3.67. The molecule has 0 aliphatic rings. The number of amides is 1. The Labute approximate surface area is 103 Å². The van der Waals surface area contributed by atoms with E-state index in [2.05, 4.69) is 17.4 Å². The fourth-order valence-corrected chi connectivity index (χ4v) is 1.31. The van der Waals surface area contributed by atoms with E-state index < -0.39 is 6.04 Å². The largest absolute Gasteiger partial charge is 0.355 e. The zero-order valence-electron chi connectivity index (χ0n) is 9.48. The second kappa shape index (κ2) is 8.13. The number of hydrogen-bond acceptors (Lipinski definition) is 2. The van der Waals surface area contributed by atoms with Crippen LogP contribution in [0.2, 0.25) is 0 Å². The molecular formula is C12H19ClN2O. The molecule has 1 aromatic rings. The predicted molar refractivity (Wildman–Crippen MR) is 68.7 cm³/mol. The number of rotatable bonds is 5. The molecule has 1 aromatic carbocycles. The lowest BCUT2D eigenvalue weighted by Gasteiger charge is -2.07. The van der Waals surface area contributed by atoms with Crippen LogP contribution in [0.4, 0.5) is 0 Å². The Morgan fingerprint density at radius 3 is 2.56 bits per heavy atom. The van der Waals surface area contributed by atoms with Crippen LogP contribution in [0, 0.1) is 0 Å².